The number of carbonyl (C=O) groups is 1. The summed E-state index contributed by atoms with van der Waals surface area (Å²) in [5, 5.41) is 0. The number of hydrogen-bond acceptors (Lipinski definition) is 3. The third-order valence-corrected chi connectivity index (χ3v) is 7.00. The molecule has 0 radical (unpaired) electrons. The number of hydrogen-bond donors (Lipinski definition) is 0. The molecule has 0 saturated carbocycles. The zero-order valence-corrected chi connectivity index (χ0v) is 19.1. The van der Waals surface area contributed by atoms with Gasteiger partial charge in [0, 0.05) is 11.1 Å². The van der Waals surface area contributed by atoms with Crippen LogP contribution in [0.4, 0.5) is 0 Å². The van der Waals surface area contributed by atoms with Crippen LogP contribution in [0.3, 0.4) is 0 Å². The molecule has 0 N–H and O–H groups in total. The van der Waals surface area contributed by atoms with Gasteiger partial charge >= 0.3 is 5.97 Å². The summed E-state index contributed by atoms with van der Waals surface area (Å²) in [4.78, 5) is 15.7. The Bertz CT molecular complexity index is 958. The van der Waals surface area contributed by atoms with Crippen molar-refractivity contribution in [2.75, 3.05) is 6.61 Å². The minimum Gasteiger partial charge on any atom is -0.482 e. The van der Waals surface area contributed by atoms with E-state index in [1.54, 1.807) is 0 Å². The van der Waals surface area contributed by atoms with Crippen molar-refractivity contribution in [3.8, 4) is 5.75 Å². The zero-order valence-electron chi connectivity index (χ0n) is 18.3. The fraction of sp³-hybridized carbons (Fsp3) is 0.269. The lowest BCUT2D eigenvalue weighted by Gasteiger charge is -2.19. The van der Waals surface area contributed by atoms with E-state index in [0.717, 1.165) is 0 Å². The smallest absolute Gasteiger partial charge is 0.344 e. The second-order valence-corrected chi connectivity index (χ2v) is 10.1. The van der Waals surface area contributed by atoms with Crippen LogP contribution >= 0.6 is 0 Å². The summed E-state index contributed by atoms with van der Waals surface area (Å²) in [6.07, 6.45) is 0. The average Bonchev–Trinajstić information content (AvgIpc) is 2.69. The molecule has 4 heteroatoms. The Kier molecular flexibility index (Phi) is 6.88. The molecule has 0 saturated heterocycles. The van der Waals surface area contributed by atoms with E-state index in [1.807, 2.05) is 32.9 Å². The highest BCUT2D eigenvalue weighted by molar-refractivity contribution is 7.97. The molecule has 0 fully saturated rings. The van der Waals surface area contributed by atoms with Crippen molar-refractivity contribution >= 4 is 16.9 Å². The summed E-state index contributed by atoms with van der Waals surface area (Å²) in [5.74, 6) is 0.286. The van der Waals surface area contributed by atoms with E-state index in [-0.39, 0.29) is 23.5 Å². The van der Waals surface area contributed by atoms with Gasteiger partial charge in [-0.2, -0.15) is 0 Å². The molecular formula is C26H29O3S+. The standard InChI is InChI=1S/C26H29O3S/c1-19-10-6-8-12-23(19)30(24-13-9-7-11-20(24)2)22-16-14-21(15-17-22)28-18-25(27)29-26(3,4)5/h6-17H,18H2,1-5H3/q+1. The third kappa shape index (κ3) is 5.67. The molecule has 0 bridgehead atoms. The van der Waals surface area contributed by atoms with Gasteiger partial charge in [0.05, 0.1) is 10.9 Å². The highest BCUT2D eigenvalue weighted by atomic mass is 32.2. The largest absolute Gasteiger partial charge is 0.482 e. The maximum absolute atomic E-state index is 11.9. The van der Waals surface area contributed by atoms with E-state index in [1.165, 1.54) is 25.8 Å². The number of carbonyl (C=O) groups excluding carboxylic acids is 1. The van der Waals surface area contributed by atoms with Gasteiger partial charge in [-0.15, -0.1) is 0 Å². The zero-order chi connectivity index (χ0) is 21.7. The fourth-order valence-electron chi connectivity index (χ4n) is 3.13. The highest BCUT2D eigenvalue weighted by Gasteiger charge is 2.31. The van der Waals surface area contributed by atoms with E-state index in [2.05, 4.69) is 74.5 Å². The molecule has 156 valence electrons. The molecule has 0 spiro atoms. The molecule has 0 aliphatic carbocycles. The Labute approximate surface area is 182 Å². The molecule has 0 atom stereocenters. The van der Waals surface area contributed by atoms with Gasteiger partial charge < -0.3 is 9.47 Å². The van der Waals surface area contributed by atoms with Crippen LogP contribution in [-0.2, 0) is 20.4 Å². The van der Waals surface area contributed by atoms with E-state index in [4.69, 9.17) is 9.47 Å². The van der Waals surface area contributed by atoms with Crippen molar-refractivity contribution in [1.29, 1.82) is 0 Å². The minimum absolute atomic E-state index is 0.0993. The van der Waals surface area contributed by atoms with Gasteiger partial charge in [0.15, 0.2) is 21.3 Å². The van der Waals surface area contributed by atoms with Crippen LogP contribution in [0.2, 0.25) is 0 Å². The van der Waals surface area contributed by atoms with Crippen molar-refractivity contribution in [1.82, 2.24) is 0 Å². The Morgan fingerprint density at radius 2 is 1.30 bits per heavy atom. The first-order valence-electron chi connectivity index (χ1n) is 10.0. The summed E-state index contributed by atoms with van der Waals surface area (Å²) in [6, 6.07) is 25.1. The van der Waals surface area contributed by atoms with Gasteiger partial charge in [-0.05, 0) is 71.0 Å². The predicted molar refractivity (Wildman–Crippen MR) is 122 cm³/mol. The molecule has 0 unspecified atom stereocenters. The first-order chi connectivity index (χ1) is 14.2. The van der Waals surface area contributed by atoms with Gasteiger partial charge in [-0.3, -0.25) is 0 Å². The van der Waals surface area contributed by atoms with E-state index in [0.29, 0.717) is 5.75 Å². The molecule has 0 aliphatic heterocycles. The van der Waals surface area contributed by atoms with E-state index < -0.39 is 5.60 Å². The monoisotopic (exact) mass is 421 g/mol. The van der Waals surface area contributed by atoms with Crippen molar-refractivity contribution in [3.05, 3.63) is 83.9 Å². The SMILES string of the molecule is Cc1ccccc1[S+](c1ccc(OCC(=O)OC(C)(C)C)cc1)c1ccccc1C. The van der Waals surface area contributed by atoms with Crippen LogP contribution in [-0.4, -0.2) is 18.2 Å². The number of rotatable bonds is 6. The van der Waals surface area contributed by atoms with Crippen LogP contribution in [0.15, 0.2) is 87.5 Å². The topological polar surface area (TPSA) is 35.5 Å². The lowest BCUT2D eigenvalue weighted by molar-refractivity contribution is -0.157. The minimum atomic E-state index is -0.514. The van der Waals surface area contributed by atoms with E-state index in [9.17, 15) is 4.79 Å². The van der Waals surface area contributed by atoms with Crippen molar-refractivity contribution < 1.29 is 14.3 Å². The summed E-state index contributed by atoms with van der Waals surface area (Å²) < 4.78 is 10.9. The van der Waals surface area contributed by atoms with Gasteiger partial charge in [0.25, 0.3) is 0 Å². The van der Waals surface area contributed by atoms with Crippen LogP contribution in [0.1, 0.15) is 31.9 Å². The van der Waals surface area contributed by atoms with Gasteiger partial charge in [0.1, 0.15) is 11.4 Å². The average molecular weight is 422 g/mol. The number of esters is 1. The van der Waals surface area contributed by atoms with Crippen molar-refractivity contribution in [2.24, 2.45) is 0 Å². The number of benzene rings is 3. The predicted octanol–water partition coefficient (Wildman–Crippen LogP) is 6.12. The van der Waals surface area contributed by atoms with Crippen molar-refractivity contribution in [2.45, 2.75) is 54.9 Å². The quantitative estimate of drug-likeness (QED) is 0.355. The molecular weight excluding hydrogens is 392 g/mol. The molecule has 0 aliphatic rings. The second kappa shape index (κ2) is 9.40. The Hall–Kier alpha value is -2.72. The second-order valence-electron chi connectivity index (χ2n) is 8.18. The molecule has 0 heterocycles. The maximum atomic E-state index is 11.9. The maximum Gasteiger partial charge on any atom is 0.344 e. The Morgan fingerprint density at radius 3 is 1.77 bits per heavy atom. The van der Waals surface area contributed by atoms with Crippen LogP contribution in [0, 0.1) is 13.8 Å². The van der Waals surface area contributed by atoms with Crippen LogP contribution in [0.5, 0.6) is 5.75 Å². The lowest BCUT2D eigenvalue weighted by atomic mass is 10.2. The molecule has 3 aromatic rings. The van der Waals surface area contributed by atoms with Gasteiger partial charge in [-0.1, -0.05) is 36.4 Å². The normalized spacial score (nSPS) is 11.4. The fourth-order valence-corrected chi connectivity index (χ4v) is 5.49. The summed E-state index contributed by atoms with van der Waals surface area (Å²) in [5.41, 5.74) is 2.03. The molecule has 3 aromatic carbocycles. The lowest BCUT2D eigenvalue weighted by Crippen LogP contribution is -2.27. The van der Waals surface area contributed by atoms with Crippen LogP contribution < -0.4 is 4.74 Å². The first-order valence-corrected chi connectivity index (χ1v) is 11.3. The molecule has 3 rings (SSSR count). The number of ether oxygens (including phenoxy) is 2. The summed E-state index contributed by atoms with van der Waals surface area (Å²) >= 11 is 0. The van der Waals surface area contributed by atoms with E-state index >= 15 is 0 Å². The highest BCUT2D eigenvalue weighted by Crippen LogP contribution is 2.35. The molecule has 30 heavy (non-hydrogen) atoms. The first kappa shape index (κ1) is 22.0. The summed E-state index contributed by atoms with van der Waals surface area (Å²) in [7, 11) is -0.219. The van der Waals surface area contributed by atoms with Gasteiger partial charge in [-0.25, -0.2) is 4.79 Å². The van der Waals surface area contributed by atoms with Crippen molar-refractivity contribution in [3.63, 3.8) is 0 Å². The van der Waals surface area contributed by atoms with Crippen LogP contribution in [0.25, 0.3) is 0 Å². The summed E-state index contributed by atoms with van der Waals surface area (Å²) in [6.45, 7) is 9.75. The molecule has 0 aromatic heterocycles. The molecule has 3 nitrogen and oxygen atoms in total. The number of aryl methyl sites for hydroxylation is 2. The Balaban J connectivity index is 1.86. The van der Waals surface area contributed by atoms with Gasteiger partial charge in [0.2, 0.25) is 0 Å². The Morgan fingerprint density at radius 1 is 0.800 bits per heavy atom. The third-order valence-electron chi connectivity index (χ3n) is 4.46. The molecule has 0 amide bonds.